The maximum absolute atomic E-state index is 5.87. The van der Waals surface area contributed by atoms with Gasteiger partial charge in [0, 0.05) is 5.56 Å². The van der Waals surface area contributed by atoms with Crippen molar-refractivity contribution in [2.45, 2.75) is 24.9 Å². The number of nitrogens with one attached hydrogen (secondary N) is 1. The highest BCUT2D eigenvalue weighted by atomic mass is 16.7. The molecule has 2 aliphatic heterocycles. The summed E-state index contributed by atoms with van der Waals surface area (Å²) in [6.45, 7) is 0.793. The van der Waals surface area contributed by atoms with E-state index in [1.807, 2.05) is 13.1 Å². The fourth-order valence-electron chi connectivity index (χ4n) is 2.52. The van der Waals surface area contributed by atoms with Crippen LogP contribution in [0.1, 0.15) is 29.9 Å². The first kappa shape index (κ1) is 9.33. The molecule has 0 amide bonds. The van der Waals surface area contributed by atoms with Crippen LogP contribution in [0.3, 0.4) is 0 Å². The van der Waals surface area contributed by atoms with Crippen molar-refractivity contribution in [1.82, 2.24) is 5.32 Å². The third kappa shape index (κ3) is 1.39. The molecule has 80 valence electrons. The molecule has 1 N–H and O–H groups in total. The summed E-state index contributed by atoms with van der Waals surface area (Å²) in [7, 11) is 1.99. The Morgan fingerprint density at radius 2 is 2.07 bits per heavy atom. The molecule has 1 fully saturated rings. The van der Waals surface area contributed by atoms with E-state index >= 15 is 0 Å². The molecule has 1 aromatic rings. The second-order valence-corrected chi connectivity index (χ2v) is 4.06. The van der Waals surface area contributed by atoms with Gasteiger partial charge in [0.05, 0.1) is 18.8 Å². The van der Waals surface area contributed by atoms with Crippen molar-refractivity contribution in [3.8, 4) is 0 Å². The minimum atomic E-state index is -0.149. The third-order valence-electron chi connectivity index (χ3n) is 3.24. The number of hydrogen-bond acceptors (Lipinski definition) is 3. The third-order valence-corrected chi connectivity index (χ3v) is 3.24. The van der Waals surface area contributed by atoms with Crippen LogP contribution in [0.2, 0.25) is 0 Å². The van der Waals surface area contributed by atoms with Crippen molar-refractivity contribution >= 4 is 0 Å². The molecule has 1 aromatic carbocycles. The summed E-state index contributed by atoms with van der Waals surface area (Å²) in [5.41, 5.74) is 2.49. The first-order chi connectivity index (χ1) is 7.40. The Labute approximate surface area is 89.4 Å². The minimum Gasteiger partial charge on any atom is -0.348 e. The lowest BCUT2D eigenvalue weighted by molar-refractivity contribution is -0.233. The topological polar surface area (TPSA) is 30.5 Å². The van der Waals surface area contributed by atoms with E-state index in [2.05, 4.69) is 23.5 Å². The number of likely N-dealkylation sites (N-methyl/N-ethyl adjacent to an activating group) is 1. The number of rotatable bonds is 1. The zero-order valence-electron chi connectivity index (χ0n) is 8.77. The van der Waals surface area contributed by atoms with E-state index < -0.39 is 0 Å². The summed E-state index contributed by atoms with van der Waals surface area (Å²) >= 11 is 0. The highest BCUT2D eigenvalue weighted by Crippen LogP contribution is 2.40. The molecule has 0 aliphatic carbocycles. The molecule has 3 rings (SSSR count). The predicted molar refractivity (Wildman–Crippen MR) is 56.4 cm³/mol. The Hall–Kier alpha value is -0.900. The summed E-state index contributed by atoms with van der Waals surface area (Å²) in [5, 5.41) is 3.34. The first-order valence-corrected chi connectivity index (χ1v) is 5.43. The number of benzene rings is 1. The maximum Gasteiger partial charge on any atom is 0.184 e. The first-order valence-electron chi connectivity index (χ1n) is 5.43. The summed E-state index contributed by atoms with van der Waals surface area (Å²) in [4.78, 5) is 0. The normalized spacial score (nSPS) is 33.5. The molecule has 3 heteroatoms. The molecular formula is C12H15NO2. The van der Waals surface area contributed by atoms with Crippen molar-refractivity contribution in [3.63, 3.8) is 0 Å². The smallest absolute Gasteiger partial charge is 0.184 e. The minimum absolute atomic E-state index is 0.149. The summed E-state index contributed by atoms with van der Waals surface area (Å²) < 4.78 is 11.5. The maximum atomic E-state index is 5.87. The SMILES string of the molecule is CN[C@H]1c2ccccc2[C@H]2OCC[C@@H]1O2. The van der Waals surface area contributed by atoms with Crippen molar-refractivity contribution in [2.75, 3.05) is 13.7 Å². The number of hydrogen-bond donors (Lipinski definition) is 1. The van der Waals surface area contributed by atoms with E-state index in [9.17, 15) is 0 Å². The van der Waals surface area contributed by atoms with Gasteiger partial charge in [0.25, 0.3) is 0 Å². The Morgan fingerprint density at radius 1 is 1.27 bits per heavy atom. The van der Waals surface area contributed by atoms with Crippen molar-refractivity contribution in [2.24, 2.45) is 0 Å². The lowest BCUT2D eigenvalue weighted by atomic mass is 9.90. The van der Waals surface area contributed by atoms with E-state index in [0.717, 1.165) is 13.0 Å². The highest BCUT2D eigenvalue weighted by molar-refractivity contribution is 5.34. The second-order valence-electron chi connectivity index (χ2n) is 4.06. The molecule has 0 spiro atoms. The van der Waals surface area contributed by atoms with Crippen LogP contribution in [0.5, 0.6) is 0 Å². The van der Waals surface area contributed by atoms with Gasteiger partial charge in [0.2, 0.25) is 0 Å². The van der Waals surface area contributed by atoms with Crippen LogP contribution in [0.25, 0.3) is 0 Å². The standard InChI is InChI=1S/C12H15NO2/c1-13-11-8-4-2-3-5-9(8)12-14-7-6-10(11)15-12/h2-5,10-13H,6-7H2,1H3/t10-,11-,12-/m0/s1. The van der Waals surface area contributed by atoms with Crippen molar-refractivity contribution in [3.05, 3.63) is 35.4 Å². The van der Waals surface area contributed by atoms with Gasteiger partial charge in [-0.3, -0.25) is 0 Å². The van der Waals surface area contributed by atoms with Gasteiger partial charge in [-0.2, -0.15) is 0 Å². The van der Waals surface area contributed by atoms with Gasteiger partial charge in [-0.25, -0.2) is 0 Å². The number of ether oxygens (including phenoxy) is 2. The zero-order chi connectivity index (χ0) is 10.3. The van der Waals surface area contributed by atoms with Gasteiger partial charge in [-0.1, -0.05) is 24.3 Å². The second kappa shape index (κ2) is 3.59. The monoisotopic (exact) mass is 205 g/mol. The average Bonchev–Trinajstić information content (AvgIpc) is 2.30. The predicted octanol–water partition coefficient (Wildman–Crippen LogP) is 1.76. The largest absolute Gasteiger partial charge is 0.348 e. The van der Waals surface area contributed by atoms with Crippen LogP contribution in [-0.4, -0.2) is 19.8 Å². The Bertz CT molecular complexity index is 366. The van der Waals surface area contributed by atoms with Gasteiger partial charge in [-0.15, -0.1) is 0 Å². The Kier molecular flexibility index (Phi) is 2.24. The number of fused-ring (bicyclic) bond motifs is 4. The lowest BCUT2D eigenvalue weighted by Gasteiger charge is -2.41. The van der Waals surface area contributed by atoms with Gasteiger partial charge in [0.15, 0.2) is 6.29 Å². The van der Waals surface area contributed by atoms with E-state index in [1.165, 1.54) is 11.1 Å². The molecule has 1 saturated heterocycles. The van der Waals surface area contributed by atoms with Crippen molar-refractivity contribution in [1.29, 1.82) is 0 Å². The van der Waals surface area contributed by atoms with Gasteiger partial charge >= 0.3 is 0 Å². The Morgan fingerprint density at radius 3 is 2.87 bits per heavy atom. The molecule has 2 bridgehead atoms. The molecule has 3 nitrogen and oxygen atoms in total. The molecule has 0 aromatic heterocycles. The van der Waals surface area contributed by atoms with E-state index in [-0.39, 0.29) is 12.4 Å². The zero-order valence-corrected chi connectivity index (χ0v) is 8.77. The summed E-state index contributed by atoms with van der Waals surface area (Å²) in [5.74, 6) is 0. The van der Waals surface area contributed by atoms with Crippen LogP contribution in [0.15, 0.2) is 24.3 Å². The lowest BCUT2D eigenvalue weighted by Crippen LogP contribution is -2.42. The van der Waals surface area contributed by atoms with E-state index in [0.29, 0.717) is 6.04 Å². The van der Waals surface area contributed by atoms with Gasteiger partial charge in [0.1, 0.15) is 0 Å². The fourth-order valence-corrected chi connectivity index (χ4v) is 2.52. The van der Waals surface area contributed by atoms with Crippen LogP contribution >= 0.6 is 0 Å². The van der Waals surface area contributed by atoms with Crippen LogP contribution in [0.4, 0.5) is 0 Å². The molecule has 2 aliphatic rings. The quantitative estimate of drug-likeness (QED) is 0.758. The van der Waals surface area contributed by atoms with Crippen LogP contribution < -0.4 is 5.32 Å². The molecule has 0 saturated carbocycles. The van der Waals surface area contributed by atoms with E-state index in [1.54, 1.807) is 0 Å². The molecule has 0 radical (unpaired) electrons. The van der Waals surface area contributed by atoms with Crippen LogP contribution in [0, 0.1) is 0 Å². The summed E-state index contributed by atoms with van der Waals surface area (Å²) in [6, 6.07) is 8.66. The molecule has 0 unspecified atom stereocenters. The van der Waals surface area contributed by atoms with Gasteiger partial charge < -0.3 is 14.8 Å². The van der Waals surface area contributed by atoms with Crippen molar-refractivity contribution < 1.29 is 9.47 Å². The Balaban J connectivity index is 2.08. The average molecular weight is 205 g/mol. The molecule has 3 atom stereocenters. The fraction of sp³-hybridized carbons (Fsp3) is 0.500. The highest BCUT2D eigenvalue weighted by Gasteiger charge is 2.37. The van der Waals surface area contributed by atoms with Gasteiger partial charge in [-0.05, 0) is 19.0 Å². The van der Waals surface area contributed by atoms with E-state index in [4.69, 9.17) is 9.47 Å². The van der Waals surface area contributed by atoms with Crippen LogP contribution in [-0.2, 0) is 9.47 Å². The molecule has 2 heterocycles. The molecular weight excluding hydrogens is 190 g/mol. The molecule has 15 heavy (non-hydrogen) atoms. The summed E-state index contributed by atoms with van der Waals surface area (Å²) in [6.07, 6.45) is 1.07.